The molecular weight excluding hydrogens is 532 g/mol. The van der Waals surface area contributed by atoms with Gasteiger partial charge in [0.1, 0.15) is 16.9 Å². The molecule has 2 aliphatic heterocycles. The van der Waals surface area contributed by atoms with Crippen LogP contribution in [0.15, 0.2) is 70.8 Å². The number of hydrogen-bond acceptors (Lipinski definition) is 6. The molecule has 8 nitrogen and oxygen atoms in total. The SMILES string of the molecule is COC(=O)[C@]12C[C@H](CC(=O)NCc3ccc(C)o3)C(=O)N(Cc3cccc4ccccc34)C1=C[C@H](C(C)(C)C)O[C@@H]2C. The van der Waals surface area contributed by atoms with E-state index in [0.717, 1.165) is 22.1 Å². The molecular formula is C34H40N2O6. The third-order valence-electron chi connectivity index (χ3n) is 8.58. The van der Waals surface area contributed by atoms with Gasteiger partial charge >= 0.3 is 5.97 Å². The number of methoxy groups -OCH3 is 1. The zero-order valence-electron chi connectivity index (χ0n) is 25.2. The number of likely N-dealkylation sites (tertiary alicyclic amines) is 1. The summed E-state index contributed by atoms with van der Waals surface area (Å²) in [6, 6.07) is 17.7. The van der Waals surface area contributed by atoms with Gasteiger partial charge in [-0.3, -0.25) is 14.4 Å². The van der Waals surface area contributed by atoms with Crippen molar-refractivity contribution < 1.29 is 28.3 Å². The van der Waals surface area contributed by atoms with Crippen molar-refractivity contribution in [1.82, 2.24) is 10.2 Å². The van der Waals surface area contributed by atoms with Crippen LogP contribution in [0.3, 0.4) is 0 Å². The fourth-order valence-electron chi connectivity index (χ4n) is 6.27. The first kappa shape index (κ1) is 29.6. The van der Waals surface area contributed by atoms with E-state index in [1.54, 1.807) is 4.90 Å². The predicted octanol–water partition coefficient (Wildman–Crippen LogP) is 5.67. The highest BCUT2D eigenvalue weighted by atomic mass is 16.5. The van der Waals surface area contributed by atoms with E-state index < -0.39 is 23.4 Å². The molecule has 0 unspecified atom stereocenters. The molecule has 2 aliphatic rings. The Balaban J connectivity index is 1.55. The quantitative estimate of drug-likeness (QED) is 0.366. The van der Waals surface area contributed by atoms with Crippen LogP contribution in [-0.2, 0) is 36.9 Å². The number of rotatable bonds is 7. The summed E-state index contributed by atoms with van der Waals surface area (Å²) >= 11 is 0. The molecule has 0 saturated carbocycles. The Hall–Kier alpha value is -3.91. The number of piperidine rings is 1. The number of esters is 1. The topological polar surface area (TPSA) is 98.1 Å². The summed E-state index contributed by atoms with van der Waals surface area (Å²) in [5.74, 6) is -0.333. The van der Waals surface area contributed by atoms with E-state index in [2.05, 4.69) is 26.1 Å². The third-order valence-corrected chi connectivity index (χ3v) is 8.58. The number of nitrogens with zero attached hydrogens (tertiary/aromatic N) is 1. The molecule has 222 valence electrons. The molecule has 3 aromatic rings. The number of furan rings is 1. The lowest BCUT2D eigenvalue weighted by atomic mass is 9.65. The van der Waals surface area contributed by atoms with Crippen LogP contribution in [0.1, 0.15) is 57.6 Å². The minimum atomic E-state index is -1.25. The van der Waals surface area contributed by atoms with Crippen molar-refractivity contribution >= 4 is 28.6 Å². The number of carbonyl (C=O) groups is 3. The van der Waals surface area contributed by atoms with E-state index in [9.17, 15) is 14.4 Å². The van der Waals surface area contributed by atoms with Crippen molar-refractivity contribution in [2.24, 2.45) is 16.7 Å². The zero-order valence-corrected chi connectivity index (χ0v) is 25.2. The van der Waals surface area contributed by atoms with Crippen LogP contribution < -0.4 is 5.32 Å². The maximum atomic E-state index is 14.3. The second kappa shape index (κ2) is 11.4. The van der Waals surface area contributed by atoms with Gasteiger partial charge in [0.25, 0.3) is 0 Å². The summed E-state index contributed by atoms with van der Waals surface area (Å²) in [4.78, 5) is 43.0. The molecule has 0 aliphatic carbocycles. The molecule has 1 fully saturated rings. The number of hydrogen-bond donors (Lipinski definition) is 1. The molecule has 4 atom stereocenters. The first-order valence-electron chi connectivity index (χ1n) is 14.5. The van der Waals surface area contributed by atoms with Crippen LogP contribution in [0, 0.1) is 23.7 Å². The maximum Gasteiger partial charge on any atom is 0.320 e. The molecule has 1 aromatic heterocycles. The number of amides is 2. The highest BCUT2D eigenvalue weighted by molar-refractivity contribution is 5.93. The van der Waals surface area contributed by atoms with Gasteiger partial charge < -0.3 is 24.1 Å². The van der Waals surface area contributed by atoms with Crippen LogP contribution >= 0.6 is 0 Å². The Kier molecular flexibility index (Phi) is 8.03. The van der Waals surface area contributed by atoms with Gasteiger partial charge in [0.2, 0.25) is 11.8 Å². The van der Waals surface area contributed by atoms with Crippen molar-refractivity contribution in [3.63, 3.8) is 0 Å². The highest BCUT2D eigenvalue weighted by Gasteiger charge is 2.60. The van der Waals surface area contributed by atoms with Crippen molar-refractivity contribution in [1.29, 1.82) is 0 Å². The van der Waals surface area contributed by atoms with Gasteiger partial charge in [-0.25, -0.2) is 0 Å². The molecule has 5 rings (SSSR count). The Morgan fingerprint density at radius 1 is 1.10 bits per heavy atom. The largest absolute Gasteiger partial charge is 0.468 e. The van der Waals surface area contributed by atoms with Crippen molar-refractivity contribution in [3.8, 4) is 0 Å². The summed E-state index contributed by atoms with van der Waals surface area (Å²) in [7, 11) is 1.36. The van der Waals surface area contributed by atoms with Crippen molar-refractivity contribution in [3.05, 3.63) is 83.5 Å². The first-order chi connectivity index (χ1) is 19.9. The second-order valence-corrected chi connectivity index (χ2v) is 12.5. The van der Waals surface area contributed by atoms with Gasteiger partial charge in [-0.15, -0.1) is 0 Å². The Labute approximate surface area is 247 Å². The van der Waals surface area contributed by atoms with E-state index in [1.807, 2.05) is 74.5 Å². The molecule has 1 saturated heterocycles. The summed E-state index contributed by atoms with van der Waals surface area (Å²) in [5.41, 5.74) is 0.0102. The van der Waals surface area contributed by atoms with E-state index in [1.165, 1.54) is 7.11 Å². The Morgan fingerprint density at radius 3 is 2.52 bits per heavy atom. The summed E-state index contributed by atoms with van der Waals surface area (Å²) in [5, 5.41) is 4.96. The van der Waals surface area contributed by atoms with E-state index in [0.29, 0.717) is 11.5 Å². The van der Waals surface area contributed by atoms with Gasteiger partial charge in [-0.2, -0.15) is 0 Å². The van der Waals surface area contributed by atoms with Gasteiger partial charge in [-0.05, 0) is 60.2 Å². The van der Waals surface area contributed by atoms with Crippen molar-refractivity contribution in [2.75, 3.05) is 7.11 Å². The van der Waals surface area contributed by atoms with E-state index in [4.69, 9.17) is 13.9 Å². The van der Waals surface area contributed by atoms with Crippen molar-refractivity contribution in [2.45, 2.75) is 72.8 Å². The molecule has 3 heterocycles. The number of ether oxygens (including phenoxy) is 2. The number of nitrogens with one attached hydrogen (secondary N) is 1. The molecule has 2 amide bonds. The minimum absolute atomic E-state index is 0.0774. The Bertz CT molecular complexity index is 1530. The zero-order chi connectivity index (χ0) is 30.2. The molecule has 1 N–H and O–H groups in total. The van der Waals surface area contributed by atoms with Crippen LogP contribution in [0.4, 0.5) is 0 Å². The number of fused-ring (bicyclic) bond motifs is 2. The van der Waals surface area contributed by atoms with Gasteiger partial charge in [0.05, 0.1) is 32.4 Å². The average molecular weight is 573 g/mol. The molecule has 42 heavy (non-hydrogen) atoms. The highest BCUT2D eigenvalue weighted by Crippen LogP contribution is 2.52. The molecule has 2 aromatic carbocycles. The van der Waals surface area contributed by atoms with Crippen LogP contribution in [0.5, 0.6) is 0 Å². The third kappa shape index (κ3) is 5.48. The summed E-state index contributed by atoms with van der Waals surface area (Å²) in [6.07, 6.45) is 1.04. The summed E-state index contributed by atoms with van der Waals surface area (Å²) in [6.45, 7) is 10.4. The second-order valence-electron chi connectivity index (χ2n) is 12.5. The lowest BCUT2D eigenvalue weighted by molar-refractivity contribution is -0.180. The van der Waals surface area contributed by atoms with Gasteiger partial charge in [0, 0.05) is 18.0 Å². The standard InChI is InChI=1S/C34H40N2O6/c1-21-14-15-26(41-21)19-35-30(37)16-25-18-34(32(39)40-6)22(2)42-29(33(3,4)5)17-28(34)36(31(25)38)20-24-12-9-11-23-10-7-8-13-27(23)24/h7-15,17,22,25,29H,16,18-20H2,1-6H3,(H,35,37)/t22-,25+,29-,34+/m1/s1. The maximum absolute atomic E-state index is 14.3. The van der Waals surface area contributed by atoms with Gasteiger partial charge in [0.15, 0.2) is 0 Å². The molecule has 0 spiro atoms. The van der Waals surface area contributed by atoms with Crippen LogP contribution in [0.2, 0.25) is 0 Å². The molecule has 0 bridgehead atoms. The number of benzene rings is 2. The van der Waals surface area contributed by atoms with E-state index in [-0.39, 0.29) is 49.3 Å². The number of carbonyl (C=O) groups excluding carboxylic acids is 3. The monoisotopic (exact) mass is 572 g/mol. The fourth-order valence-corrected chi connectivity index (χ4v) is 6.27. The smallest absolute Gasteiger partial charge is 0.320 e. The van der Waals surface area contributed by atoms with E-state index >= 15 is 0 Å². The molecule has 8 heteroatoms. The fraction of sp³-hybridized carbons (Fsp3) is 0.441. The first-order valence-corrected chi connectivity index (χ1v) is 14.5. The van der Waals surface area contributed by atoms with Crippen LogP contribution in [-0.4, -0.2) is 42.0 Å². The summed E-state index contributed by atoms with van der Waals surface area (Å²) < 4.78 is 17.5. The lowest BCUT2D eigenvalue weighted by Gasteiger charge is -2.53. The Morgan fingerprint density at radius 2 is 1.83 bits per heavy atom. The molecule has 0 radical (unpaired) electrons. The van der Waals surface area contributed by atoms with Gasteiger partial charge in [-0.1, -0.05) is 63.2 Å². The van der Waals surface area contributed by atoms with Crippen LogP contribution in [0.25, 0.3) is 10.8 Å². The average Bonchev–Trinajstić information content (AvgIpc) is 3.38. The number of aryl methyl sites for hydroxylation is 1. The predicted molar refractivity (Wildman–Crippen MR) is 159 cm³/mol. The normalized spacial score (nSPS) is 24.2. The lowest BCUT2D eigenvalue weighted by Crippen LogP contribution is -2.61. The minimum Gasteiger partial charge on any atom is -0.468 e.